The molecule has 0 saturated heterocycles. The van der Waals surface area contributed by atoms with Gasteiger partial charge in [0.1, 0.15) is 46.5 Å². The molecule has 131 heavy (non-hydrogen) atoms. The Balaban J connectivity index is 0.000000135. The molecule has 19 rings (SSSR count). The van der Waals surface area contributed by atoms with Crippen LogP contribution in [0.5, 0.6) is 0 Å². The van der Waals surface area contributed by atoms with Crippen LogP contribution >= 0.6 is 0 Å². The van der Waals surface area contributed by atoms with E-state index in [9.17, 15) is 0 Å². The van der Waals surface area contributed by atoms with E-state index in [2.05, 4.69) is 397 Å². The van der Waals surface area contributed by atoms with Gasteiger partial charge in [-0.1, -0.05) is 284 Å². The molecule has 9 heterocycles. The molecular formula is C114H135B4N13+4. The second-order valence-corrected chi connectivity index (χ2v) is 40.2. The van der Waals surface area contributed by atoms with E-state index < -0.39 is 20.6 Å². The average Bonchev–Trinajstić information content (AvgIpc) is 1.56. The molecule has 0 fully saturated rings. The molecule has 5 aliphatic heterocycles. The van der Waals surface area contributed by atoms with Gasteiger partial charge in [-0.25, -0.2) is 18.3 Å². The summed E-state index contributed by atoms with van der Waals surface area (Å²) in [6.45, 7) is 35.5. The number of anilines is 11. The number of imidazole rings is 1. The van der Waals surface area contributed by atoms with Gasteiger partial charge in [0.25, 0.3) is 23.3 Å². The van der Waals surface area contributed by atoms with Gasteiger partial charge in [0.05, 0.1) is 52.3 Å². The van der Waals surface area contributed by atoms with Gasteiger partial charge in [0.15, 0.2) is 0 Å². The highest BCUT2D eigenvalue weighted by Gasteiger charge is 2.58. The van der Waals surface area contributed by atoms with E-state index in [1.54, 1.807) is 18.2 Å². The zero-order valence-electron chi connectivity index (χ0n) is 90.8. The number of aromatic nitrogens is 5. The van der Waals surface area contributed by atoms with Gasteiger partial charge in [-0.15, -0.1) is 0 Å². The molecule has 0 aliphatic carbocycles. The topological polar surface area (TPSA) is 46.4 Å². The minimum absolute atomic E-state index is 0.00873. The lowest BCUT2D eigenvalue weighted by atomic mass is 9.59. The van der Waals surface area contributed by atoms with Crippen LogP contribution < -0.4 is 73.1 Å². The lowest BCUT2D eigenvalue weighted by Gasteiger charge is -2.38. The average molecular weight is 1740 g/mol. The largest absolute Gasteiger partial charge is 0.642 e. The Labute approximate surface area is 797 Å². The molecule has 0 amide bonds. The number of nitrogens with zero attached hydrogens (tertiary/aromatic N) is 13. The molecule has 0 saturated carbocycles. The number of rotatable bonds is 11. The number of fused-ring (bicyclic) bond motifs is 9. The van der Waals surface area contributed by atoms with Crippen molar-refractivity contribution in [1.29, 1.82) is 0 Å². The number of benzene rings is 10. The zero-order valence-corrected chi connectivity index (χ0v) is 81.8. The van der Waals surface area contributed by atoms with Gasteiger partial charge >= 0.3 is 28.1 Å². The summed E-state index contributed by atoms with van der Waals surface area (Å²) in [6, 6.07) is 82.1. The number of pyridine rings is 3. The van der Waals surface area contributed by atoms with E-state index in [0.717, 1.165) is 96.0 Å². The maximum absolute atomic E-state index is 8.42. The molecule has 0 spiro atoms. The lowest BCUT2D eigenvalue weighted by molar-refractivity contribution is -0.657. The first-order valence-corrected chi connectivity index (χ1v) is 46.3. The maximum Gasteiger partial charge on any atom is 0.642 e. The molecule has 0 bridgehead atoms. The quantitative estimate of drug-likeness (QED) is 0.0938. The van der Waals surface area contributed by atoms with Crippen LogP contribution in [0.4, 0.5) is 63.0 Å². The van der Waals surface area contributed by atoms with Gasteiger partial charge in [-0.05, 0) is 254 Å². The molecule has 664 valence electrons. The Kier molecular flexibility index (Phi) is 22.0. The summed E-state index contributed by atoms with van der Waals surface area (Å²) < 4.78 is 85.4. The highest BCUT2D eigenvalue weighted by Crippen LogP contribution is 2.51. The van der Waals surface area contributed by atoms with Crippen molar-refractivity contribution in [3.05, 3.63) is 358 Å². The lowest BCUT2D eigenvalue weighted by Crippen LogP contribution is -2.69. The van der Waals surface area contributed by atoms with Crippen molar-refractivity contribution in [1.82, 2.24) is 4.57 Å². The molecule has 0 unspecified atom stereocenters. The third-order valence-electron chi connectivity index (χ3n) is 27.3. The molecule has 17 heteroatoms. The van der Waals surface area contributed by atoms with E-state index >= 15 is 0 Å². The Hall–Kier alpha value is -12.7. The van der Waals surface area contributed by atoms with Gasteiger partial charge in [0, 0.05) is 52.5 Å². The minimum atomic E-state index is -2.26. The van der Waals surface area contributed by atoms with Crippen molar-refractivity contribution in [2.24, 2.45) is 28.2 Å². The predicted octanol–water partition coefficient (Wildman–Crippen LogP) is 22.4. The van der Waals surface area contributed by atoms with Crippen molar-refractivity contribution < 1.29 is 30.5 Å². The molecule has 0 atom stereocenters. The van der Waals surface area contributed by atoms with Crippen LogP contribution in [-0.2, 0) is 44.4 Å². The molecular weight excluding hydrogens is 1590 g/mol. The fourth-order valence-electron chi connectivity index (χ4n) is 20.7. The molecule has 4 aromatic heterocycles. The Bertz CT molecular complexity index is 6940. The van der Waals surface area contributed by atoms with Crippen LogP contribution in [0.15, 0.2) is 280 Å². The molecule has 13 nitrogen and oxygen atoms in total. The van der Waals surface area contributed by atoms with Crippen molar-refractivity contribution in [3.63, 3.8) is 0 Å². The van der Waals surface area contributed by atoms with Crippen molar-refractivity contribution in [2.75, 3.05) is 59.6 Å². The summed E-state index contributed by atoms with van der Waals surface area (Å²) >= 11 is 0. The van der Waals surface area contributed by atoms with Crippen LogP contribution in [0, 0.1) is 62.1 Å². The number of hydrogen-bond donors (Lipinski definition) is 0. The van der Waals surface area contributed by atoms with Crippen LogP contribution in [-0.4, -0.2) is 53.8 Å². The Morgan fingerprint density at radius 3 is 1.08 bits per heavy atom. The third kappa shape index (κ3) is 16.5. The highest BCUT2D eigenvalue weighted by atomic mass is 15.4. The summed E-state index contributed by atoms with van der Waals surface area (Å²) in [6.07, 6.45) is 14.6. The first kappa shape index (κ1) is 80.3. The van der Waals surface area contributed by atoms with Gasteiger partial charge in [-0.2, -0.15) is 0 Å². The van der Waals surface area contributed by atoms with Gasteiger partial charge in [0.2, 0.25) is 0 Å². The highest BCUT2D eigenvalue weighted by molar-refractivity contribution is 6.86. The second-order valence-electron chi connectivity index (χ2n) is 40.2. The van der Waals surface area contributed by atoms with Crippen molar-refractivity contribution >= 4 is 107 Å². The monoisotopic (exact) mass is 1740 g/mol. The molecule has 0 radical (unpaired) electrons. The normalized spacial score (nSPS) is 15.1. The first-order valence-electron chi connectivity index (χ1n) is 50.8. The first-order chi connectivity index (χ1) is 65.9. The molecule has 5 aliphatic rings. The van der Waals surface area contributed by atoms with Crippen LogP contribution in [0.1, 0.15) is 192 Å². The smallest absolute Gasteiger partial charge is 0.366 e. The van der Waals surface area contributed by atoms with E-state index in [1.807, 2.05) is 106 Å². The van der Waals surface area contributed by atoms with Crippen LogP contribution in [0.25, 0.3) is 33.6 Å². The van der Waals surface area contributed by atoms with Crippen LogP contribution in [0.3, 0.4) is 0 Å². The van der Waals surface area contributed by atoms with E-state index in [4.69, 9.17) is 12.3 Å². The van der Waals surface area contributed by atoms with E-state index in [-0.39, 0.29) is 44.3 Å². The fourth-order valence-corrected chi connectivity index (χ4v) is 20.7. The van der Waals surface area contributed by atoms with Crippen LogP contribution in [0.2, 0.25) is 0 Å². The second kappa shape index (κ2) is 35.9. The molecule has 0 N–H and O–H groups in total. The summed E-state index contributed by atoms with van der Waals surface area (Å²) in [7, 11) is 14.2. The Morgan fingerprint density at radius 1 is 0.336 bits per heavy atom. The summed E-state index contributed by atoms with van der Waals surface area (Å²) in [5.74, 6) is 4.58. The van der Waals surface area contributed by atoms with E-state index in [0.29, 0.717) is 28.5 Å². The Morgan fingerprint density at radius 2 is 0.687 bits per heavy atom. The summed E-state index contributed by atoms with van der Waals surface area (Å²) in [4.78, 5) is 18.3. The molecule has 14 aromatic rings. The zero-order chi connectivity index (χ0) is 101. The number of para-hydroxylation sites is 3. The summed E-state index contributed by atoms with van der Waals surface area (Å²) in [5, 5.41) is 0. The van der Waals surface area contributed by atoms with Gasteiger partial charge < -0.3 is 24.1 Å². The minimum Gasteiger partial charge on any atom is -0.366 e. The predicted molar refractivity (Wildman–Crippen MR) is 560 cm³/mol. The third-order valence-corrected chi connectivity index (χ3v) is 27.3. The molecule has 10 aromatic carbocycles. The van der Waals surface area contributed by atoms with Gasteiger partial charge in [-0.3, -0.25) is 18.9 Å². The van der Waals surface area contributed by atoms with Crippen molar-refractivity contribution in [2.45, 2.75) is 180 Å². The maximum atomic E-state index is 8.42. The number of aryl methyl sites for hydroxylation is 13. The fraction of sp³-hybridized carbons (Fsp3) is 0.298. The number of hydrogen-bond acceptors (Lipinski definition) is 8. The van der Waals surface area contributed by atoms with Crippen molar-refractivity contribution in [3.8, 4) is 33.6 Å². The summed E-state index contributed by atoms with van der Waals surface area (Å²) in [5.41, 5.74) is 32.5. The standard InChI is InChI=1S/C33H31BN3.C31H42BN4.C27H35BN3.C23H27BN3/c1-24-14-11-12-21-30(24)37-33-32(25(2)22-23-35(33)3)36(4)34(37)31-28(26-15-7-5-8-16-26)19-13-20-29(31)27-17-9-6-10-18-27;1-21-13-12-14-25-26(21)28-33(11)15-16-36(28)32-34(25)17-18-35(32)27-23(30(5,6)7)19-22(29(2,3)4)20-24(27)31(8,9)10;1-18(2)22-13-11-14-23(19(3)4)25(22)28-30(8)26-21(6)16-17-29(7)27(26)31(28)24-15-10-9-12-20(24)5;1-16-10-7-8-13-20(16)27-23-22(19(4)14-15-25(23)5)26(6)24(27)21-17(2)11-9-12-18(21)3/h5-23H,1-4H3;12-20H,1-11H3;9-19H,1-8H3;7-15H,1-6H3/q4*+1/i2D3;;6D3;4D3. The van der Waals surface area contributed by atoms with E-state index in [1.165, 1.54) is 78.2 Å². The SMILES string of the molecule is Cc1cccc2c1-c1n(C)cc[n+]1B1N2C=CN1c1c(C(C)(C)C)cc(C(C)(C)C)cc1C(C)(C)C.[2H]C([2H])([2H])c1cc[n+](C)c2c1N(C)B(c1c(-c3ccccc3)cccc1-c1ccccc1)N2c1ccccc1C.[2H]C([2H])([2H])c1cc[n+](C)c2c1N(C)B(c1c(C(C)C)cccc1C(C)C)N2c1ccccc1C.[2H]C([2H])([2H])c1cc[n+](C)c2c1N(C)B(c1c(C)cccc1C)N2c1ccccc1C.